The molecule has 0 spiro atoms. The van der Waals surface area contributed by atoms with Gasteiger partial charge >= 0.3 is 0 Å². The predicted octanol–water partition coefficient (Wildman–Crippen LogP) is 0.679. The van der Waals surface area contributed by atoms with Gasteiger partial charge in [-0.2, -0.15) is 0 Å². The number of hydrogen-bond acceptors (Lipinski definition) is 5. The van der Waals surface area contributed by atoms with Gasteiger partial charge in [0, 0.05) is 25.8 Å². The minimum absolute atomic E-state index is 0.0976. The fraction of sp³-hybridized carbons (Fsp3) is 0.643. The number of nitrogens with zero attached hydrogens (tertiary/aromatic N) is 4. The number of carbonyl (C=O) groups is 1. The molecule has 0 bridgehead atoms. The molecule has 1 saturated heterocycles. The summed E-state index contributed by atoms with van der Waals surface area (Å²) >= 11 is 0. The second-order valence-electron chi connectivity index (χ2n) is 5.76. The van der Waals surface area contributed by atoms with E-state index in [4.69, 9.17) is 4.74 Å². The summed E-state index contributed by atoms with van der Waals surface area (Å²) in [5.41, 5.74) is 1.56. The highest BCUT2D eigenvalue weighted by Crippen LogP contribution is 2.32. The molecule has 0 radical (unpaired) electrons. The average molecular weight is 274 g/mol. The maximum atomic E-state index is 12.3. The number of morpholine rings is 1. The maximum Gasteiger partial charge on any atom is 0.257 e. The summed E-state index contributed by atoms with van der Waals surface area (Å²) in [5.74, 6) is 1.54. The summed E-state index contributed by atoms with van der Waals surface area (Å²) in [7, 11) is 0. The monoisotopic (exact) mass is 274 g/mol. The van der Waals surface area contributed by atoms with Crippen LogP contribution in [0, 0.1) is 5.92 Å². The Morgan fingerprint density at radius 1 is 1.30 bits per heavy atom. The summed E-state index contributed by atoms with van der Waals surface area (Å²) in [4.78, 5) is 25.3. The van der Waals surface area contributed by atoms with Gasteiger partial charge in [0.1, 0.15) is 0 Å². The Morgan fingerprint density at radius 2 is 2.10 bits per heavy atom. The highest BCUT2D eigenvalue weighted by Gasteiger charge is 2.34. The summed E-state index contributed by atoms with van der Waals surface area (Å²) in [5, 5.41) is 0. The molecule has 106 valence electrons. The number of carbonyl (C=O) groups excluding carboxylic acids is 1. The zero-order chi connectivity index (χ0) is 13.5. The number of hydrogen-bond donors (Lipinski definition) is 0. The molecular weight excluding hydrogens is 256 g/mol. The van der Waals surface area contributed by atoms with E-state index in [-0.39, 0.29) is 5.91 Å². The van der Waals surface area contributed by atoms with Crippen LogP contribution in [0.2, 0.25) is 0 Å². The van der Waals surface area contributed by atoms with Gasteiger partial charge in [-0.1, -0.05) is 0 Å². The third-order valence-corrected chi connectivity index (χ3v) is 4.18. The Labute approximate surface area is 117 Å². The van der Waals surface area contributed by atoms with Crippen LogP contribution in [0.4, 0.5) is 5.95 Å². The number of ether oxygens (including phenoxy) is 1. The molecule has 1 amide bonds. The number of rotatable bonds is 3. The minimum Gasteiger partial charge on any atom is -0.378 e. The van der Waals surface area contributed by atoms with Crippen molar-refractivity contribution in [1.82, 2.24) is 14.9 Å². The van der Waals surface area contributed by atoms with Crippen LogP contribution >= 0.6 is 0 Å². The Hall–Kier alpha value is -1.69. The molecule has 1 aromatic heterocycles. The van der Waals surface area contributed by atoms with Crippen LogP contribution in [0.25, 0.3) is 0 Å². The predicted molar refractivity (Wildman–Crippen MR) is 72.5 cm³/mol. The van der Waals surface area contributed by atoms with Crippen molar-refractivity contribution >= 4 is 11.9 Å². The molecule has 1 saturated carbocycles. The van der Waals surface area contributed by atoms with Crippen LogP contribution in [-0.4, -0.2) is 53.6 Å². The maximum absolute atomic E-state index is 12.3. The Morgan fingerprint density at radius 3 is 2.85 bits per heavy atom. The zero-order valence-corrected chi connectivity index (χ0v) is 11.4. The summed E-state index contributed by atoms with van der Waals surface area (Å²) < 4.78 is 5.34. The van der Waals surface area contributed by atoms with Gasteiger partial charge in [0.2, 0.25) is 5.95 Å². The first-order valence-electron chi connectivity index (χ1n) is 7.29. The lowest BCUT2D eigenvalue weighted by molar-refractivity contribution is 0.0770. The van der Waals surface area contributed by atoms with E-state index in [0.717, 1.165) is 31.3 Å². The van der Waals surface area contributed by atoms with Crippen molar-refractivity contribution in [1.29, 1.82) is 0 Å². The number of fused-ring (bicyclic) bond motifs is 1. The van der Waals surface area contributed by atoms with Crippen molar-refractivity contribution in [3.05, 3.63) is 17.5 Å². The second-order valence-corrected chi connectivity index (χ2v) is 5.76. The van der Waals surface area contributed by atoms with E-state index in [1.807, 2.05) is 4.90 Å². The molecule has 4 rings (SSSR count). The molecule has 1 aliphatic carbocycles. The summed E-state index contributed by atoms with van der Waals surface area (Å²) in [6.45, 7) is 4.59. The van der Waals surface area contributed by atoms with Gasteiger partial charge in [-0.3, -0.25) is 4.79 Å². The van der Waals surface area contributed by atoms with Crippen LogP contribution in [0.5, 0.6) is 0 Å². The standard InChI is InChI=1S/C14H18N4O2/c19-13-11-7-15-14(17-3-5-20-6-4-17)16-12(11)9-18(13)8-10-1-2-10/h7,10H,1-6,8-9H2. The van der Waals surface area contributed by atoms with Gasteiger partial charge in [0.25, 0.3) is 5.91 Å². The summed E-state index contributed by atoms with van der Waals surface area (Å²) in [6.07, 6.45) is 4.21. The van der Waals surface area contributed by atoms with Gasteiger partial charge in [-0.05, 0) is 18.8 Å². The smallest absolute Gasteiger partial charge is 0.257 e. The van der Waals surface area contributed by atoms with Gasteiger partial charge in [0.15, 0.2) is 0 Å². The average Bonchev–Trinajstić information content (AvgIpc) is 3.25. The van der Waals surface area contributed by atoms with Crippen molar-refractivity contribution < 1.29 is 9.53 Å². The molecular formula is C14H18N4O2. The lowest BCUT2D eigenvalue weighted by atomic mass is 10.3. The van der Waals surface area contributed by atoms with E-state index in [9.17, 15) is 4.79 Å². The molecule has 1 aromatic rings. The molecule has 6 nitrogen and oxygen atoms in total. The van der Waals surface area contributed by atoms with Crippen molar-refractivity contribution in [3.8, 4) is 0 Å². The van der Waals surface area contributed by atoms with Gasteiger partial charge in [0.05, 0.1) is 31.0 Å². The fourth-order valence-electron chi connectivity index (χ4n) is 2.80. The molecule has 20 heavy (non-hydrogen) atoms. The van der Waals surface area contributed by atoms with Crippen molar-refractivity contribution in [2.75, 3.05) is 37.7 Å². The SMILES string of the molecule is O=C1c2cnc(N3CCOCC3)nc2CN1CC1CC1. The molecule has 3 heterocycles. The lowest BCUT2D eigenvalue weighted by Crippen LogP contribution is -2.37. The Balaban J connectivity index is 1.54. The van der Waals surface area contributed by atoms with Crippen LogP contribution in [-0.2, 0) is 11.3 Å². The largest absolute Gasteiger partial charge is 0.378 e. The van der Waals surface area contributed by atoms with Crippen molar-refractivity contribution in [3.63, 3.8) is 0 Å². The summed E-state index contributed by atoms with van der Waals surface area (Å²) in [6, 6.07) is 0. The molecule has 0 aromatic carbocycles. The second kappa shape index (κ2) is 4.70. The first-order chi connectivity index (χ1) is 9.81. The molecule has 2 aliphatic heterocycles. The normalized spacial score (nSPS) is 22.3. The van der Waals surface area contributed by atoms with Crippen molar-refractivity contribution in [2.45, 2.75) is 19.4 Å². The van der Waals surface area contributed by atoms with Gasteiger partial charge in [-0.15, -0.1) is 0 Å². The van der Waals surface area contributed by atoms with Crippen molar-refractivity contribution in [2.24, 2.45) is 5.92 Å². The third-order valence-electron chi connectivity index (χ3n) is 4.18. The fourth-order valence-corrected chi connectivity index (χ4v) is 2.80. The van der Waals surface area contributed by atoms with Gasteiger partial charge in [-0.25, -0.2) is 9.97 Å². The number of amides is 1. The molecule has 0 unspecified atom stereocenters. The first-order valence-corrected chi connectivity index (χ1v) is 7.29. The topological polar surface area (TPSA) is 58.6 Å². The van der Waals surface area contributed by atoms with Crippen LogP contribution in [0.3, 0.4) is 0 Å². The zero-order valence-electron chi connectivity index (χ0n) is 11.4. The highest BCUT2D eigenvalue weighted by atomic mass is 16.5. The molecule has 0 atom stereocenters. The lowest BCUT2D eigenvalue weighted by Gasteiger charge is -2.26. The van der Waals surface area contributed by atoms with Crippen LogP contribution < -0.4 is 4.90 Å². The Kier molecular flexibility index (Phi) is 2.84. The minimum atomic E-state index is 0.0976. The van der Waals surface area contributed by atoms with E-state index in [1.165, 1.54) is 12.8 Å². The van der Waals surface area contributed by atoms with Crippen LogP contribution in [0.1, 0.15) is 28.9 Å². The number of anilines is 1. The highest BCUT2D eigenvalue weighted by molar-refractivity contribution is 5.97. The third kappa shape index (κ3) is 2.14. The molecule has 3 aliphatic rings. The van der Waals surface area contributed by atoms with Gasteiger partial charge < -0.3 is 14.5 Å². The van der Waals surface area contributed by atoms with Crippen LogP contribution in [0.15, 0.2) is 6.20 Å². The van der Waals surface area contributed by atoms with E-state index in [0.29, 0.717) is 31.2 Å². The molecule has 0 N–H and O–H groups in total. The number of aromatic nitrogens is 2. The van der Waals surface area contributed by atoms with E-state index < -0.39 is 0 Å². The quantitative estimate of drug-likeness (QED) is 0.811. The first kappa shape index (κ1) is 12.1. The molecule has 2 fully saturated rings. The molecule has 6 heteroatoms. The Bertz CT molecular complexity index is 538. The van der Waals surface area contributed by atoms with E-state index >= 15 is 0 Å². The van der Waals surface area contributed by atoms with E-state index in [2.05, 4.69) is 14.9 Å². The van der Waals surface area contributed by atoms with E-state index in [1.54, 1.807) is 6.20 Å².